The van der Waals surface area contributed by atoms with E-state index in [0.717, 1.165) is 18.8 Å². The predicted molar refractivity (Wildman–Crippen MR) is 139 cm³/mol. The SMILES string of the molecule is CCCCCCCCCC#CCCCCCCCCCCCC(C)CCCCCC. The highest BCUT2D eigenvalue weighted by Crippen LogP contribution is 2.18. The maximum atomic E-state index is 3.40. The van der Waals surface area contributed by atoms with Crippen LogP contribution in [0.5, 0.6) is 0 Å². The second-order valence-electron chi connectivity index (χ2n) is 9.90. The fourth-order valence-electron chi connectivity index (χ4n) is 4.35. The standard InChI is InChI=1S/C30H58/c1-4-6-8-10-11-12-13-14-15-16-17-18-19-20-21-22-23-24-25-27-29-30(3)28-26-9-7-5-2/h30H,4-14,17-29H2,1-3H3. The average molecular weight is 419 g/mol. The molecule has 0 heteroatoms. The lowest BCUT2D eigenvalue weighted by Gasteiger charge is -2.10. The number of hydrogen-bond acceptors (Lipinski definition) is 0. The molecule has 0 saturated heterocycles. The van der Waals surface area contributed by atoms with Gasteiger partial charge in [-0.3, -0.25) is 0 Å². The van der Waals surface area contributed by atoms with Crippen molar-refractivity contribution in [1.29, 1.82) is 0 Å². The molecule has 0 nitrogen and oxygen atoms in total. The van der Waals surface area contributed by atoms with Crippen molar-refractivity contribution < 1.29 is 0 Å². The van der Waals surface area contributed by atoms with Gasteiger partial charge in [0, 0.05) is 12.8 Å². The summed E-state index contributed by atoms with van der Waals surface area (Å²) in [7, 11) is 0. The minimum atomic E-state index is 0.959. The van der Waals surface area contributed by atoms with Crippen molar-refractivity contribution in [1.82, 2.24) is 0 Å². The monoisotopic (exact) mass is 418 g/mol. The van der Waals surface area contributed by atoms with E-state index in [9.17, 15) is 0 Å². The van der Waals surface area contributed by atoms with Crippen molar-refractivity contribution in [2.45, 2.75) is 175 Å². The Balaban J connectivity index is 3.16. The molecule has 0 aromatic rings. The Labute approximate surface area is 192 Å². The molecule has 0 aromatic heterocycles. The van der Waals surface area contributed by atoms with E-state index in [1.807, 2.05) is 0 Å². The van der Waals surface area contributed by atoms with Gasteiger partial charge in [-0.25, -0.2) is 0 Å². The molecule has 0 radical (unpaired) electrons. The molecule has 0 heterocycles. The molecule has 1 atom stereocenters. The molecule has 0 aliphatic heterocycles. The average Bonchev–Trinajstić information content (AvgIpc) is 2.75. The van der Waals surface area contributed by atoms with E-state index in [1.54, 1.807) is 0 Å². The van der Waals surface area contributed by atoms with E-state index < -0.39 is 0 Å². The molecule has 0 amide bonds. The Morgan fingerprint density at radius 2 is 0.700 bits per heavy atom. The molecule has 0 spiro atoms. The maximum Gasteiger partial charge on any atom is 0.00886 e. The van der Waals surface area contributed by atoms with Crippen LogP contribution in [0.15, 0.2) is 0 Å². The van der Waals surface area contributed by atoms with Crippen LogP contribution in [-0.2, 0) is 0 Å². The van der Waals surface area contributed by atoms with E-state index in [0.29, 0.717) is 0 Å². The van der Waals surface area contributed by atoms with Crippen molar-refractivity contribution in [3.63, 3.8) is 0 Å². The van der Waals surface area contributed by atoms with Crippen molar-refractivity contribution in [3.8, 4) is 11.8 Å². The highest BCUT2D eigenvalue weighted by Gasteiger charge is 2.01. The quantitative estimate of drug-likeness (QED) is 0.114. The third-order valence-electron chi connectivity index (χ3n) is 6.58. The molecule has 0 saturated carbocycles. The van der Waals surface area contributed by atoms with Gasteiger partial charge >= 0.3 is 0 Å². The summed E-state index contributed by atoms with van der Waals surface area (Å²) in [6.45, 7) is 7.05. The van der Waals surface area contributed by atoms with Crippen LogP contribution in [0.3, 0.4) is 0 Å². The first kappa shape index (κ1) is 29.6. The topological polar surface area (TPSA) is 0 Å². The molecule has 0 fully saturated rings. The fourth-order valence-corrected chi connectivity index (χ4v) is 4.35. The fraction of sp³-hybridized carbons (Fsp3) is 0.933. The van der Waals surface area contributed by atoms with Gasteiger partial charge in [-0.2, -0.15) is 0 Å². The Hall–Kier alpha value is -0.440. The Kier molecular flexibility index (Phi) is 26.2. The first-order valence-corrected chi connectivity index (χ1v) is 14.3. The molecular formula is C30H58. The normalized spacial score (nSPS) is 12.0. The van der Waals surface area contributed by atoms with Gasteiger partial charge in [0.1, 0.15) is 0 Å². The zero-order valence-electron chi connectivity index (χ0n) is 21.5. The van der Waals surface area contributed by atoms with Crippen molar-refractivity contribution >= 4 is 0 Å². The van der Waals surface area contributed by atoms with Crippen LogP contribution in [0.1, 0.15) is 175 Å². The van der Waals surface area contributed by atoms with Gasteiger partial charge in [-0.1, -0.05) is 149 Å². The van der Waals surface area contributed by atoms with Crippen molar-refractivity contribution in [3.05, 3.63) is 0 Å². The van der Waals surface area contributed by atoms with Crippen LogP contribution >= 0.6 is 0 Å². The van der Waals surface area contributed by atoms with Crippen LogP contribution in [0.25, 0.3) is 0 Å². The molecule has 0 bridgehead atoms. The van der Waals surface area contributed by atoms with Gasteiger partial charge in [-0.15, -0.1) is 11.8 Å². The van der Waals surface area contributed by atoms with E-state index in [-0.39, 0.29) is 0 Å². The molecular weight excluding hydrogens is 360 g/mol. The van der Waals surface area contributed by atoms with Crippen LogP contribution in [-0.4, -0.2) is 0 Å². The third-order valence-corrected chi connectivity index (χ3v) is 6.58. The summed E-state index contributed by atoms with van der Waals surface area (Å²) in [4.78, 5) is 0. The summed E-state index contributed by atoms with van der Waals surface area (Å²) < 4.78 is 0. The van der Waals surface area contributed by atoms with Gasteiger partial charge < -0.3 is 0 Å². The summed E-state index contributed by atoms with van der Waals surface area (Å²) in [5, 5.41) is 0. The first-order chi connectivity index (χ1) is 14.8. The molecule has 0 aliphatic carbocycles. The minimum absolute atomic E-state index is 0.959. The number of rotatable bonds is 23. The lowest BCUT2D eigenvalue weighted by molar-refractivity contribution is 0.433. The molecule has 30 heavy (non-hydrogen) atoms. The van der Waals surface area contributed by atoms with Gasteiger partial charge in [0.25, 0.3) is 0 Å². The summed E-state index contributed by atoms with van der Waals surface area (Å²) >= 11 is 0. The van der Waals surface area contributed by atoms with Crippen LogP contribution < -0.4 is 0 Å². The summed E-state index contributed by atoms with van der Waals surface area (Å²) in [5.74, 6) is 7.75. The highest BCUT2D eigenvalue weighted by molar-refractivity contribution is 4.98. The minimum Gasteiger partial charge on any atom is -0.103 e. The zero-order valence-corrected chi connectivity index (χ0v) is 21.5. The highest BCUT2D eigenvalue weighted by atomic mass is 14.1. The second kappa shape index (κ2) is 26.6. The lowest BCUT2D eigenvalue weighted by Crippen LogP contribution is -1.95. The Morgan fingerprint density at radius 1 is 0.400 bits per heavy atom. The van der Waals surface area contributed by atoms with Crippen molar-refractivity contribution in [2.24, 2.45) is 5.92 Å². The largest absolute Gasteiger partial charge is 0.103 e. The van der Waals surface area contributed by atoms with Crippen LogP contribution in [0.2, 0.25) is 0 Å². The van der Waals surface area contributed by atoms with Crippen LogP contribution in [0, 0.1) is 17.8 Å². The van der Waals surface area contributed by atoms with E-state index >= 15 is 0 Å². The lowest BCUT2D eigenvalue weighted by atomic mass is 9.96. The van der Waals surface area contributed by atoms with Gasteiger partial charge in [-0.05, 0) is 18.8 Å². The predicted octanol–water partition coefficient (Wildman–Crippen LogP) is 11.0. The molecule has 0 aliphatic rings. The van der Waals surface area contributed by atoms with Gasteiger partial charge in [0.05, 0.1) is 0 Å². The maximum absolute atomic E-state index is 3.40. The van der Waals surface area contributed by atoms with Crippen molar-refractivity contribution in [2.75, 3.05) is 0 Å². The summed E-state index contributed by atoms with van der Waals surface area (Å²) in [6, 6.07) is 0. The molecule has 0 N–H and O–H groups in total. The molecule has 178 valence electrons. The zero-order chi connectivity index (χ0) is 22.0. The van der Waals surface area contributed by atoms with Gasteiger partial charge in [0.15, 0.2) is 0 Å². The van der Waals surface area contributed by atoms with Gasteiger partial charge in [0.2, 0.25) is 0 Å². The smallest absolute Gasteiger partial charge is 0.00886 e. The molecule has 0 aromatic carbocycles. The van der Waals surface area contributed by atoms with E-state index in [1.165, 1.54) is 141 Å². The second-order valence-corrected chi connectivity index (χ2v) is 9.90. The van der Waals surface area contributed by atoms with Crippen LogP contribution in [0.4, 0.5) is 0 Å². The number of hydrogen-bond donors (Lipinski definition) is 0. The first-order valence-electron chi connectivity index (χ1n) is 14.3. The summed E-state index contributed by atoms with van der Waals surface area (Å²) in [5.41, 5.74) is 0. The third kappa shape index (κ3) is 25.6. The molecule has 0 rings (SSSR count). The Bertz CT molecular complexity index is 358. The van der Waals surface area contributed by atoms with E-state index in [2.05, 4.69) is 32.6 Å². The summed E-state index contributed by atoms with van der Waals surface area (Å²) in [6.07, 6.45) is 33.5. The Morgan fingerprint density at radius 3 is 1.10 bits per heavy atom. The van der Waals surface area contributed by atoms with E-state index in [4.69, 9.17) is 0 Å². The number of unbranched alkanes of at least 4 members (excludes halogenated alkanes) is 19. The molecule has 1 unspecified atom stereocenters.